The number of hydrogen-bond donors (Lipinski definition) is 0. The van der Waals surface area contributed by atoms with Crippen molar-refractivity contribution in [3.63, 3.8) is 0 Å². The van der Waals surface area contributed by atoms with Crippen molar-refractivity contribution >= 4 is 0 Å². The molecule has 2 aromatic carbocycles. The summed E-state index contributed by atoms with van der Waals surface area (Å²) in [7, 11) is 0. The van der Waals surface area contributed by atoms with E-state index >= 15 is 0 Å². The highest BCUT2D eigenvalue weighted by Gasteiger charge is 2.18. The number of rotatable bonds is 5. The third kappa shape index (κ3) is 3.42. The zero-order chi connectivity index (χ0) is 17.1. The van der Waals surface area contributed by atoms with Crippen molar-refractivity contribution in [2.24, 2.45) is 0 Å². The van der Waals surface area contributed by atoms with Crippen molar-refractivity contribution in [1.29, 1.82) is 0 Å². The van der Waals surface area contributed by atoms with Gasteiger partial charge in [-0.25, -0.2) is 8.78 Å². The molecule has 0 fully saturated rings. The Morgan fingerprint density at radius 3 is 2.50 bits per heavy atom. The van der Waals surface area contributed by atoms with Gasteiger partial charge in [0.15, 0.2) is 6.61 Å². The minimum atomic E-state index is -0.754. The Hall–Kier alpha value is -2.76. The lowest BCUT2D eigenvalue weighted by Crippen LogP contribution is -1.98. The van der Waals surface area contributed by atoms with E-state index in [1.54, 1.807) is 0 Å². The van der Waals surface area contributed by atoms with Crippen LogP contribution in [-0.2, 0) is 6.61 Å². The first-order valence-electron chi connectivity index (χ1n) is 7.54. The zero-order valence-corrected chi connectivity index (χ0v) is 13.3. The van der Waals surface area contributed by atoms with Gasteiger partial charge in [0.2, 0.25) is 5.82 Å². The van der Waals surface area contributed by atoms with Gasteiger partial charge in [-0.1, -0.05) is 37.2 Å². The summed E-state index contributed by atoms with van der Waals surface area (Å²) in [6.07, 6.45) is 0. The van der Waals surface area contributed by atoms with Crippen LogP contribution in [0.3, 0.4) is 0 Å². The molecular weight excluding hydrogens is 314 g/mol. The predicted octanol–water partition coefficient (Wildman–Crippen LogP) is 4.72. The van der Waals surface area contributed by atoms with Gasteiger partial charge < -0.3 is 9.26 Å². The molecule has 0 saturated carbocycles. The van der Waals surface area contributed by atoms with E-state index in [0.717, 1.165) is 17.7 Å². The quantitative estimate of drug-likeness (QED) is 0.679. The number of halogens is 2. The molecule has 0 amide bonds. The topological polar surface area (TPSA) is 48.2 Å². The van der Waals surface area contributed by atoms with Crippen molar-refractivity contribution in [2.45, 2.75) is 26.4 Å². The number of benzene rings is 2. The molecule has 124 valence electrons. The maximum Gasteiger partial charge on any atom is 0.264 e. The van der Waals surface area contributed by atoms with E-state index in [2.05, 4.69) is 24.0 Å². The maximum absolute atomic E-state index is 13.7. The smallest absolute Gasteiger partial charge is 0.264 e. The lowest BCUT2D eigenvalue weighted by molar-refractivity contribution is 0.286. The first-order valence-corrected chi connectivity index (χ1v) is 7.54. The molecule has 0 aliphatic carbocycles. The molecule has 24 heavy (non-hydrogen) atoms. The zero-order valence-electron chi connectivity index (χ0n) is 13.3. The third-order valence-corrected chi connectivity index (χ3v) is 3.54. The van der Waals surface area contributed by atoms with Crippen LogP contribution >= 0.6 is 0 Å². The number of hydrogen-bond acceptors (Lipinski definition) is 4. The Kier molecular flexibility index (Phi) is 4.55. The van der Waals surface area contributed by atoms with E-state index in [1.165, 1.54) is 6.07 Å². The molecule has 1 heterocycles. The summed E-state index contributed by atoms with van der Waals surface area (Å²) in [6.45, 7) is 4.22. The summed E-state index contributed by atoms with van der Waals surface area (Å²) in [5.74, 6) is -0.451. The molecule has 4 nitrogen and oxygen atoms in total. The predicted molar refractivity (Wildman–Crippen MR) is 84.5 cm³/mol. The summed E-state index contributed by atoms with van der Waals surface area (Å²) in [5.41, 5.74) is 0.813. The standard InChI is InChI=1S/C18H16F2N2O2/c1-11(2)12-5-3-6-13(9-12)23-10-16-21-18(24-22-16)17-14(19)7-4-8-15(17)20/h3-9,11H,10H2,1-2H3. The summed E-state index contributed by atoms with van der Waals surface area (Å²) < 4.78 is 38.0. The molecule has 3 aromatic rings. The minimum Gasteiger partial charge on any atom is -0.485 e. The van der Waals surface area contributed by atoms with Crippen LogP contribution in [0, 0.1) is 11.6 Å². The monoisotopic (exact) mass is 330 g/mol. The van der Waals surface area contributed by atoms with Gasteiger partial charge >= 0.3 is 0 Å². The van der Waals surface area contributed by atoms with Crippen molar-refractivity contribution in [3.05, 3.63) is 65.5 Å². The summed E-state index contributed by atoms with van der Waals surface area (Å²) in [5, 5.41) is 3.70. The molecule has 0 N–H and O–H groups in total. The van der Waals surface area contributed by atoms with Gasteiger partial charge in [0.1, 0.15) is 22.9 Å². The summed E-state index contributed by atoms with van der Waals surface area (Å²) in [6, 6.07) is 11.2. The van der Waals surface area contributed by atoms with E-state index in [-0.39, 0.29) is 23.9 Å². The van der Waals surface area contributed by atoms with E-state index in [0.29, 0.717) is 11.7 Å². The van der Waals surface area contributed by atoms with Crippen LogP contribution < -0.4 is 4.74 Å². The van der Waals surface area contributed by atoms with Crippen LogP contribution in [0.4, 0.5) is 8.78 Å². The van der Waals surface area contributed by atoms with Crippen molar-refractivity contribution in [1.82, 2.24) is 10.1 Å². The van der Waals surface area contributed by atoms with Gasteiger partial charge in [0.25, 0.3) is 5.89 Å². The molecule has 3 rings (SSSR count). The summed E-state index contributed by atoms with van der Waals surface area (Å²) >= 11 is 0. The fraction of sp³-hybridized carbons (Fsp3) is 0.222. The Morgan fingerprint density at radius 1 is 1.08 bits per heavy atom. The van der Waals surface area contributed by atoms with Crippen molar-refractivity contribution in [3.8, 4) is 17.2 Å². The second-order valence-electron chi connectivity index (χ2n) is 5.63. The van der Waals surface area contributed by atoms with E-state index in [9.17, 15) is 8.78 Å². The molecule has 0 aliphatic rings. The van der Waals surface area contributed by atoms with E-state index < -0.39 is 11.6 Å². The second kappa shape index (κ2) is 6.78. The molecule has 1 aromatic heterocycles. The average Bonchev–Trinajstić information content (AvgIpc) is 3.01. The van der Waals surface area contributed by atoms with Crippen molar-refractivity contribution in [2.75, 3.05) is 0 Å². The highest BCUT2D eigenvalue weighted by Crippen LogP contribution is 2.25. The van der Waals surface area contributed by atoms with Gasteiger partial charge in [-0.2, -0.15) is 4.98 Å². The van der Waals surface area contributed by atoms with Gasteiger partial charge in [-0.05, 0) is 35.7 Å². The first-order chi connectivity index (χ1) is 11.5. The number of aromatic nitrogens is 2. The van der Waals surface area contributed by atoms with Gasteiger partial charge in [0, 0.05) is 0 Å². The molecule has 0 radical (unpaired) electrons. The molecule has 6 heteroatoms. The lowest BCUT2D eigenvalue weighted by atomic mass is 10.0. The van der Waals surface area contributed by atoms with Gasteiger partial charge in [-0.3, -0.25) is 0 Å². The first kappa shape index (κ1) is 16.1. The Morgan fingerprint density at radius 2 is 1.79 bits per heavy atom. The van der Waals surface area contributed by atoms with Crippen LogP contribution in [0.25, 0.3) is 11.5 Å². The Balaban J connectivity index is 1.74. The lowest BCUT2D eigenvalue weighted by Gasteiger charge is -2.08. The fourth-order valence-corrected chi connectivity index (χ4v) is 2.23. The molecule has 0 aliphatic heterocycles. The van der Waals surface area contributed by atoms with E-state index in [1.807, 2.05) is 24.3 Å². The molecule has 0 saturated heterocycles. The van der Waals surface area contributed by atoms with Crippen molar-refractivity contribution < 1.29 is 18.0 Å². The Bertz CT molecular complexity index is 826. The number of ether oxygens (including phenoxy) is 1. The van der Waals surface area contributed by atoms with Crippen LogP contribution in [-0.4, -0.2) is 10.1 Å². The second-order valence-corrected chi connectivity index (χ2v) is 5.63. The minimum absolute atomic E-state index is 0.0428. The largest absolute Gasteiger partial charge is 0.485 e. The van der Waals surface area contributed by atoms with Crippen LogP contribution in [0.1, 0.15) is 31.2 Å². The highest BCUT2D eigenvalue weighted by atomic mass is 19.1. The Labute approximate surface area is 138 Å². The molecule has 0 bridgehead atoms. The molecule has 0 spiro atoms. The van der Waals surface area contributed by atoms with Crippen LogP contribution in [0.15, 0.2) is 47.0 Å². The summed E-state index contributed by atoms with van der Waals surface area (Å²) in [4.78, 5) is 3.99. The van der Waals surface area contributed by atoms with E-state index in [4.69, 9.17) is 9.26 Å². The highest BCUT2D eigenvalue weighted by molar-refractivity contribution is 5.54. The van der Waals surface area contributed by atoms with Crippen LogP contribution in [0.5, 0.6) is 5.75 Å². The molecule has 0 unspecified atom stereocenters. The third-order valence-electron chi connectivity index (χ3n) is 3.54. The SMILES string of the molecule is CC(C)c1cccc(OCc2noc(-c3c(F)cccc3F)n2)c1. The fourth-order valence-electron chi connectivity index (χ4n) is 2.23. The molecule has 0 atom stereocenters. The van der Waals surface area contributed by atoms with Crippen LogP contribution in [0.2, 0.25) is 0 Å². The van der Waals surface area contributed by atoms with Gasteiger partial charge in [0.05, 0.1) is 0 Å². The molecular formula is C18H16F2N2O2. The number of nitrogens with zero attached hydrogens (tertiary/aromatic N) is 2. The maximum atomic E-state index is 13.7. The van der Waals surface area contributed by atoms with Gasteiger partial charge in [-0.15, -0.1) is 0 Å². The average molecular weight is 330 g/mol. The normalized spacial score (nSPS) is 11.0.